The van der Waals surface area contributed by atoms with Crippen LogP contribution in [0.2, 0.25) is 0 Å². The molecule has 0 bridgehead atoms. The fourth-order valence-corrected chi connectivity index (χ4v) is 0.820. The maximum atomic E-state index is 11.1. The van der Waals surface area contributed by atoms with Crippen LogP contribution in [0.15, 0.2) is 0 Å². The third kappa shape index (κ3) is 6.17. The van der Waals surface area contributed by atoms with Crippen molar-refractivity contribution in [2.45, 2.75) is 33.2 Å². The van der Waals surface area contributed by atoms with E-state index in [0.29, 0.717) is 18.2 Å². The van der Waals surface area contributed by atoms with Gasteiger partial charge in [0, 0.05) is 18.3 Å². The zero-order valence-electron chi connectivity index (χ0n) is 7.36. The molecular formula is C8H16ClNO. The number of alkyl halides is 1. The van der Waals surface area contributed by atoms with Crippen LogP contribution in [-0.2, 0) is 4.79 Å². The first-order chi connectivity index (χ1) is 5.06. The molecule has 66 valence electrons. The third-order valence-corrected chi connectivity index (χ3v) is 1.70. The Hall–Kier alpha value is -0.240. The smallest absolute Gasteiger partial charge is 0.220 e. The van der Waals surface area contributed by atoms with Crippen LogP contribution in [0, 0.1) is 5.92 Å². The average Bonchev–Trinajstić information content (AvgIpc) is 1.85. The zero-order valence-corrected chi connectivity index (χ0v) is 8.11. The number of hydrogen-bond acceptors (Lipinski definition) is 1. The lowest BCUT2D eigenvalue weighted by Gasteiger charge is -2.11. The number of carbonyl (C=O) groups is 1. The zero-order chi connectivity index (χ0) is 8.85. The fraction of sp³-hybridized carbons (Fsp3) is 0.875. The van der Waals surface area contributed by atoms with Crippen molar-refractivity contribution in [1.82, 2.24) is 5.32 Å². The molecule has 1 N–H and O–H groups in total. The summed E-state index contributed by atoms with van der Waals surface area (Å²) in [5.74, 6) is 0.981. The summed E-state index contributed by atoms with van der Waals surface area (Å²) in [6.45, 7) is 5.93. The van der Waals surface area contributed by atoms with E-state index in [-0.39, 0.29) is 11.9 Å². The molecule has 0 fully saturated rings. The highest BCUT2D eigenvalue weighted by Gasteiger charge is 2.07. The van der Waals surface area contributed by atoms with Gasteiger partial charge in [0.05, 0.1) is 0 Å². The van der Waals surface area contributed by atoms with Gasteiger partial charge in [0.25, 0.3) is 0 Å². The van der Waals surface area contributed by atoms with Gasteiger partial charge >= 0.3 is 0 Å². The summed E-state index contributed by atoms with van der Waals surface area (Å²) in [5.41, 5.74) is 0. The van der Waals surface area contributed by atoms with Crippen molar-refractivity contribution in [3.05, 3.63) is 0 Å². The predicted molar refractivity (Wildman–Crippen MR) is 47.8 cm³/mol. The van der Waals surface area contributed by atoms with Gasteiger partial charge in [0.2, 0.25) is 5.91 Å². The average molecular weight is 178 g/mol. The Morgan fingerprint density at radius 2 is 2.00 bits per heavy atom. The second-order valence-corrected chi connectivity index (χ2v) is 3.53. The van der Waals surface area contributed by atoms with E-state index in [9.17, 15) is 4.79 Å². The summed E-state index contributed by atoms with van der Waals surface area (Å²) >= 11 is 5.52. The van der Waals surface area contributed by atoms with Crippen LogP contribution < -0.4 is 5.32 Å². The molecule has 0 spiro atoms. The minimum absolute atomic E-state index is 0.0860. The van der Waals surface area contributed by atoms with Crippen LogP contribution in [0.4, 0.5) is 0 Å². The first-order valence-electron chi connectivity index (χ1n) is 3.91. The number of nitrogens with one attached hydrogen (secondary N) is 1. The molecule has 0 saturated carbocycles. The van der Waals surface area contributed by atoms with E-state index >= 15 is 0 Å². The first-order valence-corrected chi connectivity index (χ1v) is 4.45. The van der Waals surface area contributed by atoms with Gasteiger partial charge < -0.3 is 5.32 Å². The Bertz CT molecular complexity index is 125. The molecule has 11 heavy (non-hydrogen) atoms. The predicted octanol–water partition coefficient (Wildman–Crippen LogP) is 1.78. The van der Waals surface area contributed by atoms with E-state index in [1.165, 1.54) is 0 Å². The minimum atomic E-state index is 0.0860. The molecular weight excluding hydrogens is 162 g/mol. The van der Waals surface area contributed by atoms with Crippen molar-refractivity contribution >= 4 is 17.5 Å². The molecule has 0 aliphatic rings. The van der Waals surface area contributed by atoms with Crippen LogP contribution in [-0.4, -0.2) is 17.8 Å². The van der Waals surface area contributed by atoms with Crippen LogP contribution in [0.25, 0.3) is 0 Å². The van der Waals surface area contributed by atoms with Crippen molar-refractivity contribution in [1.29, 1.82) is 0 Å². The maximum absolute atomic E-state index is 11.1. The minimum Gasteiger partial charge on any atom is -0.352 e. The summed E-state index contributed by atoms with van der Waals surface area (Å²) in [7, 11) is 0. The molecule has 0 aromatic carbocycles. The number of rotatable bonds is 4. The van der Waals surface area contributed by atoms with Gasteiger partial charge in [-0.25, -0.2) is 0 Å². The van der Waals surface area contributed by atoms with E-state index in [0.717, 1.165) is 0 Å². The molecule has 1 amide bonds. The lowest BCUT2D eigenvalue weighted by Crippen LogP contribution is -2.34. The Balaban J connectivity index is 3.52. The normalized spacial score (nSPS) is 13.2. The van der Waals surface area contributed by atoms with Gasteiger partial charge in [-0.2, -0.15) is 0 Å². The molecule has 0 aromatic rings. The molecule has 2 nitrogen and oxygen atoms in total. The SMILES string of the molecule is CC(C)CC(=O)NC(C)CCl. The fourth-order valence-electron chi connectivity index (χ4n) is 0.743. The molecule has 0 aliphatic carbocycles. The third-order valence-electron chi connectivity index (χ3n) is 1.23. The Kier molecular flexibility index (Phi) is 5.30. The summed E-state index contributed by atoms with van der Waals surface area (Å²) in [5, 5.41) is 2.79. The molecule has 0 heterocycles. The van der Waals surface area contributed by atoms with Crippen LogP contribution in [0.1, 0.15) is 27.2 Å². The quantitative estimate of drug-likeness (QED) is 0.652. The summed E-state index contributed by atoms with van der Waals surface area (Å²) in [6.07, 6.45) is 0.585. The lowest BCUT2D eigenvalue weighted by molar-refractivity contribution is -0.122. The van der Waals surface area contributed by atoms with Crippen molar-refractivity contribution in [2.75, 3.05) is 5.88 Å². The number of hydrogen-bond donors (Lipinski definition) is 1. The Morgan fingerprint density at radius 3 is 2.36 bits per heavy atom. The first kappa shape index (κ1) is 10.8. The lowest BCUT2D eigenvalue weighted by atomic mass is 10.1. The van der Waals surface area contributed by atoms with E-state index in [2.05, 4.69) is 5.32 Å². The van der Waals surface area contributed by atoms with Gasteiger partial charge in [-0.1, -0.05) is 13.8 Å². The number of carbonyl (C=O) groups excluding carboxylic acids is 1. The highest BCUT2D eigenvalue weighted by Crippen LogP contribution is 1.99. The van der Waals surface area contributed by atoms with Crippen molar-refractivity contribution in [3.8, 4) is 0 Å². The molecule has 3 heteroatoms. The van der Waals surface area contributed by atoms with E-state index in [4.69, 9.17) is 11.6 Å². The maximum Gasteiger partial charge on any atom is 0.220 e. The molecule has 0 rings (SSSR count). The largest absolute Gasteiger partial charge is 0.352 e. The molecule has 1 unspecified atom stereocenters. The molecule has 1 atom stereocenters. The van der Waals surface area contributed by atoms with Gasteiger partial charge in [-0.05, 0) is 12.8 Å². The summed E-state index contributed by atoms with van der Waals surface area (Å²) < 4.78 is 0. The van der Waals surface area contributed by atoms with Gasteiger partial charge in [-0.3, -0.25) is 4.79 Å². The Labute approximate surface area is 73.3 Å². The standard InChI is InChI=1S/C8H16ClNO/c1-6(2)4-8(11)10-7(3)5-9/h6-7H,4-5H2,1-3H3,(H,10,11). The van der Waals surface area contributed by atoms with E-state index in [1.807, 2.05) is 20.8 Å². The molecule has 0 aliphatic heterocycles. The van der Waals surface area contributed by atoms with Crippen LogP contribution >= 0.6 is 11.6 Å². The van der Waals surface area contributed by atoms with E-state index in [1.54, 1.807) is 0 Å². The van der Waals surface area contributed by atoms with Crippen molar-refractivity contribution < 1.29 is 4.79 Å². The van der Waals surface area contributed by atoms with Gasteiger partial charge in [0.15, 0.2) is 0 Å². The molecule has 0 aromatic heterocycles. The summed E-state index contributed by atoms with van der Waals surface area (Å²) in [6, 6.07) is 0.0860. The molecule has 0 saturated heterocycles. The van der Waals surface area contributed by atoms with Crippen molar-refractivity contribution in [3.63, 3.8) is 0 Å². The number of halogens is 1. The van der Waals surface area contributed by atoms with Crippen molar-refractivity contribution in [2.24, 2.45) is 5.92 Å². The van der Waals surface area contributed by atoms with Gasteiger partial charge in [0.1, 0.15) is 0 Å². The van der Waals surface area contributed by atoms with E-state index < -0.39 is 0 Å². The Morgan fingerprint density at radius 1 is 1.45 bits per heavy atom. The monoisotopic (exact) mass is 177 g/mol. The van der Waals surface area contributed by atoms with Crippen LogP contribution in [0.5, 0.6) is 0 Å². The second-order valence-electron chi connectivity index (χ2n) is 3.22. The second kappa shape index (κ2) is 5.42. The number of amides is 1. The van der Waals surface area contributed by atoms with Gasteiger partial charge in [-0.15, -0.1) is 11.6 Å². The highest BCUT2D eigenvalue weighted by molar-refractivity contribution is 6.18. The molecule has 0 radical (unpaired) electrons. The topological polar surface area (TPSA) is 29.1 Å². The highest BCUT2D eigenvalue weighted by atomic mass is 35.5. The summed E-state index contributed by atoms with van der Waals surface area (Å²) in [4.78, 5) is 11.1. The van der Waals surface area contributed by atoms with Crippen LogP contribution in [0.3, 0.4) is 0 Å².